The van der Waals surface area contributed by atoms with E-state index in [4.69, 9.17) is 0 Å². The van der Waals surface area contributed by atoms with Gasteiger partial charge in [-0.2, -0.15) is 0 Å². The number of phenolic OH excluding ortho intramolecular Hbond substituents is 3. The third-order valence-electron chi connectivity index (χ3n) is 6.57. The number of hydrogen-bond donors (Lipinski definition) is 3. The maximum atomic E-state index is 14.1. The zero-order valence-corrected chi connectivity index (χ0v) is 25.4. The van der Waals surface area contributed by atoms with Crippen LogP contribution in [0.2, 0.25) is 0 Å². The van der Waals surface area contributed by atoms with E-state index >= 15 is 0 Å². The van der Waals surface area contributed by atoms with Gasteiger partial charge in [-0.05, 0) is 65.8 Å². The Balaban J connectivity index is 0.000000389. The summed E-state index contributed by atoms with van der Waals surface area (Å²) >= 11 is 0. The third kappa shape index (κ3) is 8.65. The molecule has 0 fully saturated rings. The zero-order valence-electron chi connectivity index (χ0n) is 25.4. The van der Waals surface area contributed by atoms with Crippen molar-refractivity contribution in [3.05, 3.63) is 87.7 Å². The monoisotopic (exact) mass is 559 g/mol. The molecule has 0 aliphatic carbocycles. The molecule has 0 saturated carbocycles. The summed E-state index contributed by atoms with van der Waals surface area (Å²) in [7, 11) is 1.78. The molecule has 0 heterocycles. The van der Waals surface area contributed by atoms with Crippen LogP contribution >= 0.6 is 0 Å². The van der Waals surface area contributed by atoms with Gasteiger partial charge in [-0.1, -0.05) is 62.3 Å². The minimum atomic E-state index is -0.408. The Bertz CT molecular complexity index is 1260. The van der Waals surface area contributed by atoms with Crippen LogP contribution in [-0.4, -0.2) is 27.3 Å². The number of nitrogens with zero attached hydrogens (tertiary/aromatic N) is 1. The first-order chi connectivity index (χ1) is 18.1. The number of phenols is 3. The summed E-state index contributed by atoms with van der Waals surface area (Å²) in [6.45, 7) is 17.8. The van der Waals surface area contributed by atoms with Gasteiger partial charge in [0.1, 0.15) is 34.7 Å². The fourth-order valence-electron chi connectivity index (χ4n) is 4.44. The van der Waals surface area contributed by atoms with Gasteiger partial charge in [0.2, 0.25) is 0 Å². The number of aromatic hydroxyl groups is 3. The first-order valence-corrected chi connectivity index (χ1v) is 13.3. The Hall–Kier alpha value is -3.19. The summed E-state index contributed by atoms with van der Waals surface area (Å²) in [5.74, 6) is -0.828. The standard InChI is InChI=1S/C23H31F2NO2.C10H13FO/c1-22(2,3)18-10-16(24)8-14(20(18)27)12-26(7)13-15-9-17(25)11-19(21(15)28)23(4,5)6;1-10(2,3)8-6-7(11)4-5-9(8)12/h8-11,27-28H,12-13H2,1-7H3;4-6,12H,1-3H3. The van der Waals surface area contributed by atoms with Crippen LogP contribution in [0.15, 0.2) is 42.5 Å². The van der Waals surface area contributed by atoms with E-state index in [9.17, 15) is 28.5 Å². The summed E-state index contributed by atoms with van der Waals surface area (Å²) in [4.78, 5) is 1.81. The molecule has 0 amide bonds. The van der Waals surface area contributed by atoms with E-state index in [2.05, 4.69) is 0 Å². The molecular formula is C33H44F3NO3. The number of halogens is 3. The summed E-state index contributed by atoms with van der Waals surface area (Å²) < 4.78 is 41.0. The molecule has 3 N–H and O–H groups in total. The van der Waals surface area contributed by atoms with Crippen molar-refractivity contribution < 1.29 is 28.5 Å². The molecular weight excluding hydrogens is 515 g/mol. The van der Waals surface area contributed by atoms with Crippen molar-refractivity contribution in [2.75, 3.05) is 7.05 Å². The average Bonchev–Trinajstić information content (AvgIpc) is 2.78. The first-order valence-electron chi connectivity index (χ1n) is 13.3. The van der Waals surface area contributed by atoms with Gasteiger partial charge in [-0.3, -0.25) is 4.90 Å². The fourth-order valence-corrected chi connectivity index (χ4v) is 4.44. The molecule has 0 aromatic heterocycles. The van der Waals surface area contributed by atoms with E-state index in [1.54, 1.807) is 7.05 Å². The second kappa shape index (κ2) is 12.1. The van der Waals surface area contributed by atoms with E-state index in [0.717, 1.165) is 0 Å². The van der Waals surface area contributed by atoms with E-state index in [-0.39, 0.29) is 41.6 Å². The summed E-state index contributed by atoms with van der Waals surface area (Å²) in [5.41, 5.74) is 1.62. The quantitative estimate of drug-likeness (QED) is 0.300. The average molecular weight is 560 g/mol. The Morgan fingerprint density at radius 2 is 0.900 bits per heavy atom. The minimum Gasteiger partial charge on any atom is -0.508 e. The van der Waals surface area contributed by atoms with Crippen LogP contribution in [0.1, 0.15) is 90.1 Å². The van der Waals surface area contributed by atoms with Gasteiger partial charge in [-0.15, -0.1) is 0 Å². The van der Waals surface area contributed by atoms with Crippen molar-refractivity contribution in [2.24, 2.45) is 0 Å². The lowest BCUT2D eigenvalue weighted by molar-refractivity contribution is 0.303. The van der Waals surface area contributed by atoms with E-state index in [1.165, 1.54) is 42.5 Å². The lowest BCUT2D eigenvalue weighted by Crippen LogP contribution is -2.20. The highest BCUT2D eigenvalue weighted by Gasteiger charge is 2.24. The second-order valence-corrected chi connectivity index (χ2v) is 13.5. The van der Waals surface area contributed by atoms with Crippen LogP contribution in [0, 0.1) is 17.5 Å². The molecule has 4 nitrogen and oxygen atoms in total. The summed E-state index contributed by atoms with van der Waals surface area (Å²) in [5, 5.41) is 30.6. The van der Waals surface area contributed by atoms with Gasteiger partial charge in [0.15, 0.2) is 0 Å². The molecule has 0 bridgehead atoms. The van der Waals surface area contributed by atoms with Crippen LogP contribution < -0.4 is 0 Å². The Kier molecular flexibility index (Phi) is 10.0. The predicted molar refractivity (Wildman–Crippen MR) is 155 cm³/mol. The van der Waals surface area contributed by atoms with Gasteiger partial charge in [0, 0.05) is 40.9 Å². The molecule has 7 heteroatoms. The third-order valence-corrected chi connectivity index (χ3v) is 6.57. The SMILES string of the molecule is CC(C)(C)c1cc(F)ccc1O.CN(Cc1cc(F)cc(C(C)(C)C)c1O)Cc1cc(F)cc(C(C)(C)C)c1O. The fraction of sp³-hybridized carbons (Fsp3) is 0.455. The van der Waals surface area contributed by atoms with Crippen LogP contribution in [0.5, 0.6) is 17.2 Å². The van der Waals surface area contributed by atoms with Gasteiger partial charge >= 0.3 is 0 Å². The molecule has 3 aromatic rings. The Morgan fingerprint density at radius 1 is 0.550 bits per heavy atom. The van der Waals surface area contributed by atoms with Crippen molar-refractivity contribution in [1.29, 1.82) is 0 Å². The molecule has 40 heavy (non-hydrogen) atoms. The molecule has 0 unspecified atom stereocenters. The van der Waals surface area contributed by atoms with Gasteiger partial charge in [-0.25, -0.2) is 13.2 Å². The van der Waals surface area contributed by atoms with E-state index < -0.39 is 22.5 Å². The van der Waals surface area contributed by atoms with Crippen molar-refractivity contribution in [2.45, 2.75) is 91.6 Å². The van der Waals surface area contributed by atoms with Crippen LogP contribution in [-0.2, 0) is 29.3 Å². The highest BCUT2D eigenvalue weighted by molar-refractivity contribution is 5.46. The maximum absolute atomic E-state index is 14.1. The number of hydrogen-bond acceptors (Lipinski definition) is 4. The zero-order chi connectivity index (χ0) is 30.8. The first kappa shape index (κ1) is 33.0. The van der Waals surface area contributed by atoms with Crippen LogP contribution in [0.4, 0.5) is 13.2 Å². The Labute approximate surface area is 237 Å². The smallest absolute Gasteiger partial charge is 0.124 e. The van der Waals surface area contributed by atoms with E-state index in [1.807, 2.05) is 67.2 Å². The normalized spacial score (nSPS) is 12.3. The van der Waals surface area contributed by atoms with E-state index in [0.29, 0.717) is 27.8 Å². The van der Waals surface area contributed by atoms with Gasteiger partial charge in [0.05, 0.1) is 0 Å². The van der Waals surface area contributed by atoms with Crippen molar-refractivity contribution in [1.82, 2.24) is 4.90 Å². The van der Waals surface area contributed by atoms with Gasteiger partial charge in [0.25, 0.3) is 0 Å². The summed E-state index contributed by atoms with van der Waals surface area (Å²) in [6, 6.07) is 9.34. The molecule has 3 rings (SSSR count). The minimum absolute atomic E-state index is 0.0691. The molecule has 0 radical (unpaired) electrons. The molecule has 0 aliphatic rings. The number of benzene rings is 3. The molecule has 0 saturated heterocycles. The molecule has 0 spiro atoms. The maximum Gasteiger partial charge on any atom is 0.124 e. The van der Waals surface area contributed by atoms with Crippen molar-refractivity contribution >= 4 is 0 Å². The predicted octanol–water partition coefficient (Wildman–Crippen LogP) is 8.43. The van der Waals surface area contributed by atoms with Crippen molar-refractivity contribution in [3.63, 3.8) is 0 Å². The molecule has 3 aromatic carbocycles. The highest BCUT2D eigenvalue weighted by atomic mass is 19.1. The molecule has 0 atom stereocenters. The lowest BCUT2D eigenvalue weighted by atomic mass is 9.84. The lowest BCUT2D eigenvalue weighted by Gasteiger charge is -2.25. The van der Waals surface area contributed by atoms with Crippen molar-refractivity contribution in [3.8, 4) is 17.2 Å². The summed E-state index contributed by atoms with van der Waals surface area (Å²) in [6.07, 6.45) is 0. The van der Waals surface area contributed by atoms with Crippen LogP contribution in [0.25, 0.3) is 0 Å². The molecule has 220 valence electrons. The second-order valence-electron chi connectivity index (χ2n) is 13.5. The molecule has 0 aliphatic heterocycles. The van der Waals surface area contributed by atoms with Gasteiger partial charge < -0.3 is 15.3 Å². The largest absolute Gasteiger partial charge is 0.508 e. The van der Waals surface area contributed by atoms with Crippen LogP contribution in [0.3, 0.4) is 0 Å². The topological polar surface area (TPSA) is 63.9 Å². The highest BCUT2D eigenvalue weighted by Crippen LogP contribution is 2.37. The Morgan fingerprint density at radius 3 is 1.23 bits per heavy atom. The number of rotatable bonds is 4.